The lowest BCUT2D eigenvalue weighted by Crippen LogP contribution is -1.95. The van der Waals surface area contributed by atoms with Gasteiger partial charge >= 0.3 is 0 Å². The Morgan fingerprint density at radius 2 is 1.50 bits per heavy atom. The largest absolute Gasteiger partial charge is 0.497 e. The smallest absolute Gasteiger partial charge is 0.126 e. The number of halogens is 3. The minimum Gasteiger partial charge on any atom is -0.497 e. The lowest BCUT2D eigenvalue weighted by atomic mass is 10.0. The molecule has 2 aromatic rings. The molecule has 4 heteroatoms. The third kappa shape index (κ3) is 2.79. The highest BCUT2D eigenvalue weighted by atomic mass is 35.5. The molecule has 1 nitrogen and oxygen atoms in total. The van der Waals surface area contributed by atoms with Crippen molar-refractivity contribution in [2.75, 3.05) is 7.11 Å². The van der Waals surface area contributed by atoms with Crippen LogP contribution in [0.1, 0.15) is 16.5 Å². The van der Waals surface area contributed by atoms with Gasteiger partial charge in [0.25, 0.3) is 0 Å². The van der Waals surface area contributed by atoms with Crippen molar-refractivity contribution >= 4 is 11.6 Å². The van der Waals surface area contributed by atoms with Gasteiger partial charge in [-0.2, -0.15) is 0 Å². The Hall–Kier alpha value is -1.61. The highest BCUT2D eigenvalue weighted by Crippen LogP contribution is 2.30. The first-order chi connectivity index (χ1) is 8.60. The van der Waals surface area contributed by atoms with Gasteiger partial charge in [-0.3, -0.25) is 0 Å². The molecule has 0 aromatic heterocycles. The lowest BCUT2D eigenvalue weighted by molar-refractivity contribution is 0.414. The van der Waals surface area contributed by atoms with Crippen LogP contribution in [0.3, 0.4) is 0 Å². The Morgan fingerprint density at radius 1 is 0.944 bits per heavy atom. The SMILES string of the molecule is COc1ccc(C(Cl)c2cc(F)cc(F)c2)cc1. The maximum Gasteiger partial charge on any atom is 0.126 e. The molecule has 1 unspecified atom stereocenters. The Kier molecular flexibility index (Phi) is 3.82. The molecule has 0 saturated heterocycles. The Morgan fingerprint density at radius 3 is 2.00 bits per heavy atom. The Balaban J connectivity index is 2.31. The molecular formula is C14H11ClF2O. The molecule has 0 aliphatic heterocycles. The monoisotopic (exact) mass is 268 g/mol. The molecule has 0 bridgehead atoms. The van der Waals surface area contributed by atoms with Crippen molar-refractivity contribution in [1.29, 1.82) is 0 Å². The minimum atomic E-state index is -0.635. The molecule has 0 amide bonds. The second-order valence-corrected chi connectivity index (χ2v) is 4.27. The summed E-state index contributed by atoms with van der Waals surface area (Å²) in [7, 11) is 1.56. The summed E-state index contributed by atoms with van der Waals surface area (Å²) in [5, 5.41) is -0.596. The van der Waals surface area contributed by atoms with Gasteiger partial charge in [-0.05, 0) is 35.4 Å². The van der Waals surface area contributed by atoms with E-state index in [1.165, 1.54) is 12.1 Å². The van der Waals surface area contributed by atoms with Crippen LogP contribution in [0.4, 0.5) is 8.78 Å². The summed E-state index contributed by atoms with van der Waals surface area (Å²) in [6.07, 6.45) is 0. The van der Waals surface area contributed by atoms with Crippen molar-refractivity contribution in [1.82, 2.24) is 0 Å². The van der Waals surface area contributed by atoms with Crippen LogP contribution in [0.25, 0.3) is 0 Å². The zero-order chi connectivity index (χ0) is 13.1. The van der Waals surface area contributed by atoms with Crippen LogP contribution in [-0.2, 0) is 0 Å². The molecule has 94 valence electrons. The van der Waals surface area contributed by atoms with Crippen molar-refractivity contribution in [3.8, 4) is 5.75 Å². The van der Waals surface area contributed by atoms with Gasteiger partial charge in [0.15, 0.2) is 0 Å². The highest BCUT2D eigenvalue weighted by molar-refractivity contribution is 6.22. The van der Waals surface area contributed by atoms with Crippen LogP contribution >= 0.6 is 11.6 Å². The van der Waals surface area contributed by atoms with E-state index in [2.05, 4.69) is 0 Å². The summed E-state index contributed by atoms with van der Waals surface area (Å²) in [5.74, 6) is -0.568. The normalized spacial score (nSPS) is 12.2. The van der Waals surface area contributed by atoms with Crippen LogP contribution < -0.4 is 4.74 Å². The molecule has 0 heterocycles. The summed E-state index contributed by atoms with van der Waals surface area (Å²) in [6.45, 7) is 0. The third-order valence-corrected chi connectivity index (χ3v) is 3.09. The van der Waals surface area contributed by atoms with E-state index in [9.17, 15) is 8.78 Å². The summed E-state index contributed by atoms with van der Waals surface area (Å²) in [4.78, 5) is 0. The van der Waals surface area contributed by atoms with Crippen LogP contribution in [-0.4, -0.2) is 7.11 Å². The number of hydrogen-bond acceptors (Lipinski definition) is 1. The average molecular weight is 269 g/mol. The lowest BCUT2D eigenvalue weighted by Gasteiger charge is -2.11. The molecule has 1 atom stereocenters. The molecule has 18 heavy (non-hydrogen) atoms. The Bertz CT molecular complexity index is 520. The van der Waals surface area contributed by atoms with Crippen LogP contribution in [0, 0.1) is 11.6 Å². The molecule has 0 saturated carbocycles. The van der Waals surface area contributed by atoms with Crippen molar-refractivity contribution in [3.05, 3.63) is 65.2 Å². The zero-order valence-electron chi connectivity index (χ0n) is 9.66. The van der Waals surface area contributed by atoms with Gasteiger partial charge in [0, 0.05) is 6.07 Å². The summed E-state index contributed by atoms with van der Waals surface area (Å²) >= 11 is 6.20. The van der Waals surface area contributed by atoms with E-state index in [-0.39, 0.29) is 0 Å². The fraction of sp³-hybridized carbons (Fsp3) is 0.143. The summed E-state index contributed by atoms with van der Waals surface area (Å²) in [6, 6.07) is 10.3. The molecule has 0 radical (unpaired) electrons. The van der Waals surface area contributed by atoms with Crippen LogP contribution in [0.15, 0.2) is 42.5 Å². The number of ether oxygens (including phenoxy) is 1. The van der Waals surface area contributed by atoms with Crippen molar-refractivity contribution in [2.24, 2.45) is 0 Å². The average Bonchev–Trinajstić information content (AvgIpc) is 2.37. The molecular weight excluding hydrogens is 258 g/mol. The van der Waals surface area contributed by atoms with Gasteiger partial charge in [-0.15, -0.1) is 11.6 Å². The van der Waals surface area contributed by atoms with E-state index in [0.717, 1.165) is 11.6 Å². The number of benzene rings is 2. The quantitative estimate of drug-likeness (QED) is 0.754. The predicted octanol–water partition coefficient (Wildman–Crippen LogP) is 4.30. The third-order valence-electron chi connectivity index (χ3n) is 2.59. The molecule has 0 spiro atoms. The molecule has 0 fully saturated rings. The first-order valence-corrected chi connectivity index (χ1v) is 5.78. The molecule has 0 aliphatic carbocycles. The standard InChI is InChI=1S/C14H11ClF2O/c1-18-13-4-2-9(3-5-13)14(15)10-6-11(16)8-12(17)7-10/h2-8,14H,1H3. The fourth-order valence-corrected chi connectivity index (χ4v) is 1.96. The molecule has 2 aromatic carbocycles. The minimum absolute atomic E-state index is 0.388. The molecule has 0 aliphatic rings. The second-order valence-electron chi connectivity index (χ2n) is 3.84. The van der Waals surface area contributed by atoms with E-state index >= 15 is 0 Å². The zero-order valence-corrected chi connectivity index (χ0v) is 10.4. The van der Waals surface area contributed by atoms with Gasteiger partial charge in [-0.1, -0.05) is 12.1 Å². The number of rotatable bonds is 3. The van der Waals surface area contributed by atoms with E-state index in [1.807, 2.05) is 0 Å². The highest BCUT2D eigenvalue weighted by Gasteiger charge is 2.13. The van der Waals surface area contributed by atoms with Crippen LogP contribution in [0.5, 0.6) is 5.75 Å². The fourth-order valence-electron chi connectivity index (χ4n) is 1.69. The van der Waals surface area contributed by atoms with Crippen molar-refractivity contribution in [2.45, 2.75) is 5.38 Å². The number of methoxy groups -OCH3 is 1. The predicted molar refractivity (Wildman–Crippen MR) is 67.0 cm³/mol. The van der Waals surface area contributed by atoms with E-state index < -0.39 is 17.0 Å². The summed E-state index contributed by atoms with van der Waals surface area (Å²) < 4.78 is 31.2. The van der Waals surface area contributed by atoms with Crippen molar-refractivity contribution in [3.63, 3.8) is 0 Å². The first kappa shape index (κ1) is 12.8. The second kappa shape index (κ2) is 5.36. The topological polar surface area (TPSA) is 9.23 Å². The van der Waals surface area contributed by atoms with Gasteiger partial charge in [-0.25, -0.2) is 8.78 Å². The molecule has 2 rings (SSSR count). The van der Waals surface area contributed by atoms with E-state index in [0.29, 0.717) is 11.3 Å². The van der Waals surface area contributed by atoms with Crippen LogP contribution in [0.2, 0.25) is 0 Å². The van der Waals surface area contributed by atoms with Gasteiger partial charge < -0.3 is 4.74 Å². The van der Waals surface area contributed by atoms with Gasteiger partial charge in [0.2, 0.25) is 0 Å². The maximum atomic E-state index is 13.1. The Labute approximate surface area is 109 Å². The van der Waals surface area contributed by atoms with Gasteiger partial charge in [0.1, 0.15) is 17.4 Å². The molecule has 0 N–H and O–H groups in total. The van der Waals surface area contributed by atoms with Crippen molar-refractivity contribution < 1.29 is 13.5 Å². The first-order valence-electron chi connectivity index (χ1n) is 5.34. The van der Waals surface area contributed by atoms with E-state index in [1.54, 1.807) is 31.4 Å². The number of hydrogen-bond donors (Lipinski definition) is 0. The van der Waals surface area contributed by atoms with E-state index in [4.69, 9.17) is 16.3 Å². The summed E-state index contributed by atoms with van der Waals surface area (Å²) in [5.41, 5.74) is 1.14. The van der Waals surface area contributed by atoms with Gasteiger partial charge in [0.05, 0.1) is 12.5 Å². The number of alkyl halides is 1. The maximum absolute atomic E-state index is 13.1.